The third kappa shape index (κ3) is 2.31. The number of carbonyl (C=O) groups is 1. The molecule has 1 aromatic carbocycles. The molecule has 2 N–H and O–H groups in total. The molecule has 0 aliphatic carbocycles. The van der Waals surface area contributed by atoms with Crippen molar-refractivity contribution in [1.82, 2.24) is 9.78 Å². The van der Waals surface area contributed by atoms with Gasteiger partial charge in [-0.25, -0.2) is 0 Å². The number of hydrogen-bond acceptors (Lipinski definition) is 3. The van der Waals surface area contributed by atoms with Crippen molar-refractivity contribution in [2.45, 2.75) is 13.8 Å². The van der Waals surface area contributed by atoms with E-state index in [1.807, 2.05) is 33.0 Å². The smallest absolute Gasteiger partial charge is 0.261 e. The molecular formula is C14H18N4O. The number of nitrogen functional groups attached to an aromatic ring is 1. The second-order valence-electron chi connectivity index (χ2n) is 4.63. The number of aromatic nitrogens is 2. The van der Waals surface area contributed by atoms with Gasteiger partial charge in [-0.2, -0.15) is 5.10 Å². The van der Waals surface area contributed by atoms with Crippen LogP contribution in [0.4, 0.5) is 11.4 Å². The van der Waals surface area contributed by atoms with E-state index in [4.69, 9.17) is 5.73 Å². The SMILES string of the molecule is Cc1nn(C)c(C)c1C(=O)N(C)c1ccc(N)cc1. The molecule has 2 rings (SSSR count). The maximum atomic E-state index is 12.5. The fourth-order valence-corrected chi connectivity index (χ4v) is 2.07. The van der Waals surface area contributed by atoms with Crippen molar-refractivity contribution in [3.63, 3.8) is 0 Å². The maximum absolute atomic E-state index is 12.5. The van der Waals surface area contributed by atoms with Gasteiger partial charge in [-0.1, -0.05) is 0 Å². The molecule has 2 aromatic rings. The van der Waals surface area contributed by atoms with Crippen LogP contribution in [0.25, 0.3) is 0 Å². The standard InChI is InChI=1S/C14H18N4O/c1-9-13(10(2)18(4)16-9)14(19)17(3)12-7-5-11(15)6-8-12/h5-8H,15H2,1-4H3. The summed E-state index contributed by atoms with van der Waals surface area (Å²) in [6.07, 6.45) is 0. The molecule has 1 heterocycles. The normalized spacial score (nSPS) is 10.5. The molecule has 0 aliphatic rings. The highest BCUT2D eigenvalue weighted by atomic mass is 16.2. The molecule has 0 saturated carbocycles. The fraction of sp³-hybridized carbons (Fsp3) is 0.286. The lowest BCUT2D eigenvalue weighted by Crippen LogP contribution is -2.27. The zero-order valence-corrected chi connectivity index (χ0v) is 11.6. The van der Waals surface area contributed by atoms with Gasteiger partial charge in [-0.05, 0) is 38.1 Å². The maximum Gasteiger partial charge on any atom is 0.261 e. The summed E-state index contributed by atoms with van der Waals surface area (Å²) in [5, 5.41) is 4.27. The number of hydrogen-bond donors (Lipinski definition) is 1. The summed E-state index contributed by atoms with van der Waals surface area (Å²) in [4.78, 5) is 14.1. The van der Waals surface area contributed by atoms with Gasteiger partial charge in [-0.3, -0.25) is 9.48 Å². The molecule has 5 nitrogen and oxygen atoms in total. The van der Waals surface area contributed by atoms with Crippen molar-refractivity contribution in [2.24, 2.45) is 7.05 Å². The first kappa shape index (κ1) is 13.1. The summed E-state index contributed by atoms with van der Waals surface area (Å²) in [5.74, 6) is -0.0622. The number of nitrogens with zero attached hydrogens (tertiary/aromatic N) is 3. The first-order valence-corrected chi connectivity index (χ1v) is 6.05. The van der Waals surface area contributed by atoms with Crippen molar-refractivity contribution in [3.05, 3.63) is 41.2 Å². The van der Waals surface area contributed by atoms with Crippen molar-refractivity contribution in [2.75, 3.05) is 17.7 Å². The zero-order valence-electron chi connectivity index (χ0n) is 11.6. The molecule has 1 amide bonds. The Morgan fingerprint density at radius 2 is 1.84 bits per heavy atom. The van der Waals surface area contributed by atoms with Gasteiger partial charge in [0.15, 0.2) is 0 Å². The molecule has 5 heteroatoms. The topological polar surface area (TPSA) is 64.2 Å². The first-order chi connectivity index (χ1) is 8.91. The van der Waals surface area contributed by atoms with Gasteiger partial charge >= 0.3 is 0 Å². The quantitative estimate of drug-likeness (QED) is 0.837. The molecule has 0 radical (unpaired) electrons. The van der Waals surface area contributed by atoms with Crippen LogP contribution < -0.4 is 10.6 Å². The minimum Gasteiger partial charge on any atom is -0.399 e. The number of aryl methyl sites for hydroxylation is 2. The van der Waals surface area contributed by atoms with E-state index in [2.05, 4.69) is 5.10 Å². The van der Waals surface area contributed by atoms with Crippen molar-refractivity contribution < 1.29 is 4.79 Å². The monoisotopic (exact) mass is 258 g/mol. The highest BCUT2D eigenvalue weighted by Gasteiger charge is 2.21. The van der Waals surface area contributed by atoms with E-state index in [0.29, 0.717) is 11.3 Å². The third-order valence-corrected chi connectivity index (χ3v) is 3.31. The Bertz CT molecular complexity index is 613. The minimum atomic E-state index is -0.0622. The van der Waals surface area contributed by atoms with Crippen molar-refractivity contribution in [3.8, 4) is 0 Å². The van der Waals surface area contributed by atoms with Crippen molar-refractivity contribution in [1.29, 1.82) is 0 Å². The fourth-order valence-electron chi connectivity index (χ4n) is 2.07. The number of nitrogens with two attached hydrogens (primary N) is 1. The van der Waals surface area contributed by atoms with Crippen LogP contribution in [-0.2, 0) is 7.05 Å². The van der Waals surface area contributed by atoms with Gasteiger partial charge in [0.05, 0.1) is 11.3 Å². The minimum absolute atomic E-state index is 0.0622. The van der Waals surface area contributed by atoms with Crippen molar-refractivity contribution >= 4 is 17.3 Å². The van der Waals surface area contributed by atoms with Crippen LogP contribution in [0.5, 0.6) is 0 Å². The van der Waals surface area contributed by atoms with Gasteiger partial charge in [0.1, 0.15) is 0 Å². The lowest BCUT2D eigenvalue weighted by atomic mass is 10.1. The van der Waals surface area contributed by atoms with Crippen LogP contribution >= 0.6 is 0 Å². The summed E-state index contributed by atoms with van der Waals surface area (Å²) < 4.78 is 1.72. The summed E-state index contributed by atoms with van der Waals surface area (Å²) in [6.45, 7) is 3.74. The van der Waals surface area contributed by atoms with Crippen LogP contribution in [0, 0.1) is 13.8 Å². The van der Waals surface area contributed by atoms with E-state index in [1.165, 1.54) is 0 Å². The lowest BCUT2D eigenvalue weighted by molar-refractivity contribution is 0.0992. The number of benzene rings is 1. The third-order valence-electron chi connectivity index (χ3n) is 3.31. The summed E-state index contributed by atoms with van der Waals surface area (Å²) in [5.41, 5.74) is 9.40. The average Bonchev–Trinajstić information content (AvgIpc) is 2.62. The molecule has 0 aliphatic heterocycles. The van der Waals surface area contributed by atoms with Gasteiger partial charge in [0.2, 0.25) is 0 Å². The average molecular weight is 258 g/mol. The van der Waals surface area contributed by atoms with Crippen LogP contribution in [0.3, 0.4) is 0 Å². The largest absolute Gasteiger partial charge is 0.399 e. The van der Waals surface area contributed by atoms with Gasteiger partial charge in [0, 0.05) is 31.2 Å². The molecule has 0 bridgehead atoms. The van der Waals surface area contributed by atoms with Gasteiger partial charge in [0.25, 0.3) is 5.91 Å². The Morgan fingerprint density at radius 3 is 2.32 bits per heavy atom. The van der Waals surface area contributed by atoms with E-state index in [0.717, 1.165) is 17.1 Å². The zero-order chi connectivity index (χ0) is 14.2. The molecule has 1 aromatic heterocycles. The molecule has 0 atom stereocenters. The molecule has 19 heavy (non-hydrogen) atoms. The highest BCUT2D eigenvalue weighted by molar-refractivity contribution is 6.07. The predicted molar refractivity (Wildman–Crippen MR) is 76.3 cm³/mol. The van der Waals surface area contributed by atoms with E-state index < -0.39 is 0 Å². The van der Waals surface area contributed by atoms with Crippen LogP contribution in [0.2, 0.25) is 0 Å². The number of amides is 1. The van der Waals surface area contributed by atoms with Crippen LogP contribution in [0.15, 0.2) is 24.3 Å². The number of anilines is 2. The second-order valence-corrected chi connectivity index (χ2v) is 4.63. The molecule has 0 spiro atoms. The summed E-state index contributed by atoms with van der Waals surface area (Å²) in [7, 11) is 3.59. The van der Waals surface area contributed by atoms with Gasteiger partial charge < -0.3 is 10.6 Å². The Hall–Kier alpha value is -2.30. The predicted octanol–water partition coefficient (Wildman–Crippen LogP) is 1.90. The van der Waals surface area contributed by atoms with Crippen LogP contribution in [-0.4, -0.2) is 22.7 Å². The molecule has 0 unspecified atom stereocenters. The van der Waals surface area contributed by atoms with Crippen LogP contribution in [0.1, 0.15) is 21.7 Å². The number of carbonyl (C=O) groups excluding carboxylic acids is 1. The molecular weight excluding hydrogens is 240 g/mol. The molecule has 100 valence electrons. The second kappa shape index (κ2) is 4.76. The molecule has 0 fully saturated rings. The summed E-state index contributed by atoms with van der Waals surface area (Å²) in [6, 6.07) is 7.21. The molecule has 0 saturated heterocycles. The Labute approximate surface area is 112 Å². The Kier molecular flexibility index (Phi) is 3.29. The first-order valence-electron chi connectivity index (χ1n) is 6.05. The highest BCUT2D eigenvalue weighted by Crippen LogP contribution is 2.20. The van der Waals surface area contributed by atoms with Gasteiger partial charge in [-0.15, -0.1) is 0 Å². The van der Waals surface area contributed by atoms with E-state index in [1.54, 1.807) is 28.8 Å². The van der Waals surface area contributed by atoms with E-state index in [-0.39, 0.29) is 5.91 Å². The summed E-state index contributed by atoms with van der Waals surface area (Å²) >= 11 is 0. The van der Waals surface area contributed by atoms with E-state index in [9.17, 15) is 4.79 Å². The Morgan fingerprint density at radius 1 is 1.26 bits per heavy atom. The number of rotatable bonds is 2. The van der Waals surface area contributed by atoms with E-state index >= 15 is 0 Å². The Balaban J connectivity index is 2.36. The lowest BCUT2D eigenvalue weighted by Gasteiger charge is -2.17.